The molecule has 2 rings (SSSR count). The van der Waals surface area contributed by atoms with Crippen LogP contribution in [0.4, 0.5) is 8.78 Å². The van der Waals surface area contributed by atoms with Gasteiger partial charge in [0.2, 0.25) is 10.0 Å². The lowest BCUT2D eigenvalue weighted by Crippen LogP contribution is -2.39. The van der Waals surface area contributed by atoms with Crippen molar-refractivity contribution in [1.29, 1.82) is 0 Å². The number of aldehydes is 1. The van der Waals surface area contributed by atoms with Gasteiger partial charge in [-0.3, -0.25) is 0 Å². The van der Waals surface area contributed by atoms with E-state index < -0.39 is 26.6 Å². The monoisotopic (exact) mass is 289 g/mol. The SMILES string of the molecule is O=CC1CCN(S(=O)(=O)c2ccc(F)cc2F)CC1. The fourth-order valence-electron chi connectivity index (χ4n) is 2.08. The molecule has 1 saturated heterocycles. The number of hydrogen-bond donors (Lipinski definition) is 0. The van der Waals surface area contributed by atoms with Gasteiger partial charge in [0.05, 0.1) is 0 Å². The number of benzene rings is 1. The quantitative estimate of drug-likeness (QED) is 0.794. The summed E-state index contributed by atoms with van der Waals surface area (Å²) in [5.74, 6) is -2.07. The van der Waals surface area contributed by atoms with E-state index in [1.807, 2.05) is 0 Å². The van der Waals surface area contributed by atoms with Crippen LogP contribution >= 0.6 is 0 Å². The van der Waals surface area contributed by atoms with Gasteiger partial charge in [-0.15, -0.1) is 0 Å². The van der Waals surface area contributed by atoms with Gasteiger partial charge in [0, 0.05) is 25.1 Å². The van der Waals surface area contributed by atoms with Crippen molar-refractivity contribution in [3.63, 3.8) is 0 Å². The summed E-state index contributed by atoms with van der Waals surface area (Å²) in [6, 6.07) is 2.38. The van der Waals surface area contributed by atoms with Gasteiger partial charge < -0.3 is 4.79 Å². The van der Waals surface area contributed by atoms with Gasteiger partial charge in [-0.25, -0.2) is 17.2 Å². The van der Waals surface area contributed by atoms with E-state index in [9.17, 15) is 22.0 Å². The predicted octanol–water partition coefficient (Wildman–Crippen LogP) is 1.56. The Balaban J connectivity index is 2.25. The first-order chi connectivity index (χ1) is 8.95. The highest BCUT2D eigenvalue weighted by Crippen LogP contribution is 2.24. The normalized spacial score (nSPS) is 18.4. The highest BCUT2D eigenvalue weighted by atomic mass is 32.2. The molecule has 0 aromatic heterocycles. The van der Waals surface area contributed by atoms with Crippen LogP contribution in [-0.2, 0) is 14.8 Å². The fraction of sp³-hybridized carbons (Fsp3) is 0.417. The molecule has 1 aromatic carbocycles. The minimum atomic E-state index is -3.97. The number of rotatable bonds is 3. The summed E-state index contributed by atoms with van der Waals surface area (Å²) in [5, 5.41) is 0. The van der Waals surface area contributed by atoms with E-state index in [2.05, 4.69) is 0 Å². The number of sulfonamides is 1. The number of piperidine rings is 1. The lowest BCUT2D eigenvalue weighted by molar-refractivity contribution is -0.112. The second-order valence-electron chi connectivity index (χ2n) is 4.45. The second kappa shape index (κ2) is 5.34. The van der Waals surface area contributed by atoms with Crippen LogP contribution in [0.2, 0.25) is 0 Å². The third-order valence-corrected chi connectivity index (χ3v) is 5.13. The number of halogens is 2. The summed E-state index contributed by atoms with van der Waals surface area (Å²) in [7, 11) is -3.97. The molecule has 0 bridgehead atoms. The molecule has 0 radical (unpaired) electrons. The minimum Gasteiger partial charge on any atom is -0.303 e. The first-order valence-corrected chi connectivity index (χ1v) is 7.29. The zero-order valence-corrected chi connectivity index (χ0v) is 10.9. The van der Waals surface area contributed by atoms with Crippen molar-refractivity contribution < 1.29 is 22.0 Å². The minimum absolute atomic E-state index is 0.149. The van der Waals surface area contributed by atoms with Crippen LogP contribution in [0.1, 0.15) is 12.8 Å². The lowest BCUT2D eigenvalue weighted by atomic mass is 10.0. The maximum absolute atomic E-state index is 13.5. The molecule has 1 aromatic rings. The van der Waals surface area contributed by atoms with Crippen molar-refractivity contribution in [1.82, 2.24) is 4.31 Å². The van der Waals surface area contributed by atoms with Gasteiger partial charge in [-0.2, -0.15) is 4.31 Å². The van der Waals surface area contributed by atoms with Gasteiger partial charge >= 0.3 is 0 Å². The molecule has 104 valence electrons. The van der Waals surface area contributed by atoms with Crippen LogP contribution in [0.5, 0.6) is 0 Å². The molecule has 1 aliphatic heterocycles. The number of carbonyl (C=O) groups is 1. The predicted molar refractivity (Wildman–Crippen MR) is 63.9 cm³/mol. The van der Waals surface area contributed by atoms with Crippen molar-refractivity contribution >= 4 is 16.3 Å². The Hall–Kier alpha value is -1.34. The Labute approximate surface area is 110 Å². The third-order valence-electron chi connectivity index (χ3n) is 3.20. The topological polar surface area (TPSA) is 54.5 Å². The van der Waals surface area contributed by atoms with Gasteiger partial charge in [0.15, 0.2) is 0 Å². The zero-order chi connectivity index (χ0) is 14.0. The summed E-state index contributed by atoms with van der Waals surface area (Å²) in [5.41, 5.74) is 0. The van der Waals surface area contributed by atoms with Crippen molar-refractivity contribution in [2.75, 3.05) is 13.1 Å². The highest BCUT2D eigenvalue weighted by Gasteiger charge is 2.31. The van der Waals surface area contributed by atoms with Gasteiger partial charge in [-0.1, -0.05) is 0 Å². The lowest BCUT2D eigenvalue weighted by Gasteiger charge is -2.28. The highest BCUT2D eigenvalue weighted by molar-refractivity contribution is 7.89. The summed E-state index contributed by atoms with van der Waals surface area (Å²) in [6.07, 6.45) is 1.65. The summed E-state index contributed by atoms with van der Waals surface area (Å²) in [4.78, 5) is 10.1. The number of hydrogen-bond acceptors (Lipinski definition) is 3. The van der Waals surface area contributed by atoms with Crippen LogP contribution < -0.4 is 0 Å². The first kappa shape index (κ1) is 14.1. The summed E-state index contributed by atoms with van der Waals surface area (Å²) >= 11 is 0. The van der Waals surface area contributed by atoms with Crippen molar-refractivity contribution in [3.8, 4) is 0 Å². The van der Waals surface area contributed by atoms with E-state index in [-0.39, 0.29) is 19.0 Å². The number of carbonyl (C=O) groups excluding carboxylic acids is 1. The Morgan fingerprint density at radius 1 is 1.21 bits per heavy atom. The van der Waals surface area contributed by atoms with Crippen LogP contribution in [0.25, 0.3) is 0 Å². The average molecular weight is 289 g/mol. The van der Waals surface area contributed by atoms with E-state index in [1.54, 1.807) is 0 Å². The van der Waals surface area contributed by atoms with E-state index in [0.717, 1.165) is 22.7 Å². The second-order valence-corrected chi connectivity index (χ2v) is 6.36. The van der Waals surface area contributed by atoms with E-state index >= 15 is 0 Å². The van der Waals surface area contributed by atoms with Gasteiger partial charge in [-0.05, 0) is 25.0 Å². The maximum Gasteiger partial charge on any atom is 0.245 e. The molecule has 0 unspecified atom stereocenters. The molecule has 1 fully saturated rings. The van der Waals surface area contributed by atoms with Crippen LogP contribution in [0, 0.1) is 17.6 Å². The van der Waals surface area contributed by atoms with Gasteiger partial charge in [0.1, 0.15) is 22.8 Å². The molecule has 0 spiro atoms. The molecule has 0 amide bonds. The Bertz CT molecular complexity index is 581. The maximum atomic E-state index is 13.5. The van der Waals surface area contributed by atoms with Crippen molar-refractivity contribution in [2.45, 2.75) is 17.7 Å². The van der Waals surface area contributed by atoms with E-state index in [4.69, 9.17) is 0 Å². The zero-order valence-electron chi connectivity index (χ0n) is 10.1. The molecule has 0 aliphatic carbocycles. The number of nitrogens with zero attached hydrogens (tertiary/aromatic N) is 1. The Kier molecular flexibility index (Phi) is 3.96. The van der Waals surface area contributed by atoms with E-state index in [1.165, 1.54) is 0 Å². The fourth-order valence-corrected chi connectivity index (χ4v) is 3.59. The first-order valence-electron chi connectivity index (χ1n) is 5.85. The largest absolute Gasteiger partial charge is 0.303 e. The molecule has 0 saturated carbocycles. The molecule has 7 heteroatoms. The standard InChI is InChI=1S/C12H13F2NO3S/c13-10-1-2-12(11(14)7-10)19(17,18)15-5-3-9(8-16)4-6-15/h1-2,7-9H,3-6H2. The molecule has 19 heavy (non-hydrogen) atoms. The molecular formula is C12H13F2NO3S. The Morgan fingerprint density at radius 3 is 2.37 bits per heavy atom. The smallest absolute Gasteiger partial charge is 0.245 e. The molecule has 1 aliphatic rings. The van der Waals surface area contributed by atoms with Crippen molar-refractivity contribution in [2.24, 2.45) is 5.92 Å². The summed E-state index contributed by atoms with van der Waals surface area (Å²) < 4.78 is 51.8. The van der Waals surface area contributed by atoms with Crippen LogP contribution in [0.15, 0.2) is 23.1 Å². The van der Waals surface area contributed by atoms with Crippen LogP contribution in [0.3, 0.4) is 0 Å². The van der Waals surface area contributed by atoms with Gasteiger partial charge in [0.25, 0.3) is 0 Å². The molecule has 1 heterocycles. The Morgan fingerprint density at radius 2 is 1.84 bits per heavy atom. The van der Waals surface area contributed by atoms with Crippen molar-refractivity contribution in [3.05, 3.63) is 29.8 Å². The average Bonchev–Trinajstić information content (AvgIpc) is 2.38. The van der Waals surface area contributed by atoms with Crippen LogP contribution in [-0.4, -0.2) is 32.1 Å². The molecular weight excluding hydrogens is 276 g/mol. The molecule has 0 N–H and O–H groups in total. The summed E-state index contributed by atoms with van der Waals surface area (Å²) in [6.45, 7) is 0.338. The van der Waals surface area contributed by atoms with E-state index in [0.29, 0.717) is 18.9 Å². The third kappa shape index (κ3) is 2.82. The molecule has 0 atom stereocenters. The molecule has 4 nitrogen and oxygen atoms in total.